The minimum absolute atomic E-state index is 0.0400. The summed E-state index contributed by atoms with van der Waals surface area (Å²) in [7, 11) is 1.82. The van der Waals surface area contributed by atoms with Crippen molar-refractivity contribution in [1.29, 1.82) is 0 Å². The number of aryl methyl sites for hydroxylation is 1. The molecule has 1 aromatic carbocycles. The van der Waals surface area contributed by atoms with Crippen LogP contribution >= 0.6 is 0 Å². The van der Waals surface area contributed by atoms with Gasteiger partial charge >= 0.3 is 0 Å². The molecule has 7 nitrogen and oxygen atoms in total. The van der Waals surface area contributed by atoms with E-state index in [1.54, 1.807) is 17.1 Å². The Balaban J connectivity index is 1.27. The summed E-state index contributed by atoms with van der Waals surface area (Å²) in [6.07, 6.45) is 5.08. The van der Waals surface area contributed by atoms with Gasteiger partial charge in [-0.15, -0.1) is 0 Å². The lowest BCUT2D eigenvalue weighted by molar-refractivity contribution is 0.0790. The van der Waals surface area contributed by atoms with Gasteiger partial charge in [0, 0.05) is 44.4 Å². The lowest BCUT2D eigenvalue weighted by atomic mass is 10.0. The smallest absolute Gasteiger partial charge is 0.257 e. The molecule has 30 heavy (non-hydrogen) atoms. The Morgan fingerprint density at radius 1 is 1.30 bits per heavy atom. The molecule has 7 heteroatoms. The molecule has 1 aliphatic heterocycles. The first-order valence-corrected chi connectivity index (χ1v) is 10.5. The van der Waals surface area contributed by atoms with Crippen molar-refractivity contribution in [3.8, 4) is 5.75 Å². The third-order valence-corrected chi connectivity index (χ3v) is 5.68. The number of aromatic nitrogens is 4. The quantitative estimate of drug-likeness (QED) is 0.650. The minimum Gasteiger partial charge on any atom is -0.493 e. The van der Waals surface area contributed by atoms with E-state index in [2.05, 4.69) is 47.3 Å². The van der Waals surface area contributed by atoms with Crippen molar-refractivity contribution in [2.24, 2.45) is 7.05 Å². The molecule has 0 spiro atoms. The van der Waals surface area contributed by atoms with Crippen LogP contribution in [0.25, 0.3) is 0 Å². The Kier molecular flexibility index (Phi) is 5.88. The number of hydrogen-bond donors (Lipinski definition) is 1. The molecule has 0 saturated carbocycles. The molecule has 1 aliphatic rings. The number of nitrogens with one attached hydrogen (secondary N) is 1. The van der Waals surface area contributed by atoms with Crippen LogP contribution in [-0.4, -0.2) is 50.5 Å². The van der Waals surface area contributed by atoms with E-state index in [-0.39, 0.29) is 11.8 Å². The Hall–Kier alpha value is -3.09. The number of likely N-dealkylation sites (tertiary alicyclic amines) is 1. The molecular weight excluding hydrogens is 378 g/mol. The van der Waals surface area contributed by atoms with Crippen LogP contribution in [0.3, 0.4) is 0 Å². The van der Waals surface area contributed by atoms with Gasteiger partial charge in [0.2, 0.25) is 0 Å². The van der Waals surface area contributed by atoms with E-state index >= 15 is 0 Å². The maximum Gasteiger partial charge on any atom is 0.257 e. The summed E-state index contributed by atoms with van der Waals surface area (Å²) in [5.41, 5.74) is 4.03. The maximum atomic E-state index is 12.6. The Labute approximate surface area is 177 Å². The molecular formula is C23H29N5O2. The van der Waals surface area contributed by atoms with Gasteiger partial charge in [0.05, 0.1) is 24.1 Å². The molecule has 158 valence electrons. The summed E-state index contributed by atoms with van der Waals surface area (Å²) in [6, 6.07) is 10.4. The third kappa shape index (κ3) is 4.56. The monoisotopic (exact) mass is 407 g/mol. The normalized spacial score (nSPS) is 16.4. The second-order valence-electron chi connectivity index (χ2n) is 8.28. The summed E-state index contributed by atoms with van der Waals surface area (Å²) in [5.74, 6) is 1.71. The van der Waals surface area contributed by atoms with E-state index in [0.29, 0.717) is 24.6 Å². The molecule has 1 amide bonds. The number of carbonyl (C=O) groups is 1. The first-order valence-electron chi connectivity index (χ1n) is 10.5. The van der Waals surface area contributed by atoms with Gasteiger partial charge in [-0.1, -0.05) is 26.0 Å². The van der Waals surface area contributed by atoms with Crippen LogP contribution in [0.15, 0.2) is 42.7 Å². The second-order valence-corrected chi connectivity index (χ2v) is 8.28. The summed E-state index contributed by atoms with van der Waals surface area (Å²) in [6.45, 7) is 6.40. The SMILES string of the molecule is CC(C)c1ccc(OCCc2cc(C3CCN(C(=O)c4cnn(C)c4)C3)n[nH]2)cc1. The van der Waals surface area contributed by atoms with Gasteiger partial charge in [0.1, 0.15) is 5.75 Å². The fraction of sp³-hybridized carbons (Fsp3) is 0.435. The topological polar surface area (TPSA) is 76.0 Å². The molecule has 0 radical (unpaired) electrons. The number of nitrogens with zero attached hydrogens (tertiary/aromatic N) is 4. The van der Waals surface area contributed by atoms with E-state index < -0.39 is 0 Å². The van der Waals surface area contributed by atoms with Crippen LogP contribution in [0.5, 0.6) is 5.75 Å². The zero-order chi connectivity index (χ0) is 21.1. The van der Waals surface area contributed by atoms with Gasteiger partial charge in [-0.2, -0.15) is 10.2 Å². The summed E-state index contributed by atoms with van der Waals surface area (Å²) >= 11 is 0. The van der Waals surface area contributed by atoms with E-state index in [0.717, 1.165) is 36.5 Å². The largest absolute Gasteiger partial charge is 0.493 e. The number of hydrogen-bond acceptors (Lipinski definition) is 4. The molecule has 1 atom stereocenters. The lowest BCUT2D eigenvalue weighted by Gasteiger charge is -2.14. The molecule has 1 fully saturated rings. The van der Waals surface area contributed by atoms with Gasteiger partial charge in [0.25, 0.3) is 5.91 Å². The average Bonchev–Trinajstić information content (AvgIpc) is 3.48. The molecule has 3 aromatic rings. The van der Waals surface area contributed by atoms with Gasteiger partial charge in [-0.25, -0.2) is 0 Å². The lowest BCUT2D eigenvalue weighted by Crippen LogP contribution is -2.28. The van der Waals surface area contributed by atoms with Crippen LogP contribution < -0.4 is 4.74 Å². The zero-order valence-corrected chi connectivity index (χ0v) is 17.8. The van der Waals surface area contributed by atoms with Gasteiger partial charge in [0.15, 0.2) is 0 Å². The maximum absolute atomic E-state index is 12.6. The van der Waals surface area contributed by atoms with E-state index in [4.69, 9.17) is 4.74 Å². The number of H-pyrrole nitrogens is 1. The first-order chi connectivity index (χ1) is 14.5. The highest BCUT2D eigenvalue weighted by Crippen LogP contribution is 2.27. The van der Waals surface area contributed by atoms with Crippen molar-refractivity contribution in [2.45, 2.75) is 38.5 Å². The summed E-state index contributed by atoms with van der Waals surface area (Å²) < 4.78 is 7.52. The highest BCUT2D eigenvalue weighted by molar-refractivity contribution is 5.94. The molecule has 1 unspecified atom stereocenters. The summed E-state index contributed by atoms with van der Waals surface area (Å²) in [4.78, 5) is 14.5. The van der Waals surface area contributed by atoms with Crippen LogP contribution in [-0.2, 0) is 13.5 Å². The van der Waals surface area contributed by atoms with Gasteiger partial charge in [-0.3, -0.25) is 14.6 Å². The van der Waals surface area contributed by atoms with E-state index in [1.807, 2.05) is 24.1 Å². The molecule has 0 aliphatic carbocycles. The zero-order valence-electron chi connectivity index (χ0n) is 17.8. The molecule has 1 saturated heterocycles. The number of benzene rings is 1. The highest BCUT2D eigenvalue weighted by Gasteiger charge is 2.29. The summed E-state index contributed by atoms with van der Waals surface area (Å²) in [5, 5.41) is 11.7. The fourth-order valence-corrected chi connectivity index (χ4v) is 3.84. The van der Waals surface area contributed by atoms with Gasteiger partial charge < -0.3 is 9.64 Å². The highest BCUT2D eigenvalue weighted by atomic mass is 16.5. The standard InChI is InChI=1S/C23H29N5O2/c1-16(2)17-4-6-21(7-5-17)30-11-9-20-12-22(26-25-20)18-8-10-28(15-18)23(29)19-13-24-27(3)14-19/h4-7,12-14,16,18H,8-11,15H2,1-3H3,(H,25,26). The molecule has 3 heterocycles. The van der Waals surface area contributed by atoms with E-state index in [1.165, 1.54) is 5.56 Å². The number of rotatable bonds is 7. The van der Waals surface area contributed by atoms with Crippen molar-refractivity contribution >= 4 is 5.91 Å². The average molecular weight is 408 g/mol. The van der Waals surface area contributed by atoms with Crippen LogP contribution in [0.4, 0.5) is 0 Å². The minimum atomic E-state index is 0.0400. The van der Waals surface area contributed by atoms with Crippen LogP contribution in [0.2, 0.25) is 0 Å². The van der Waals surface area contributed by atoms with Crippen LogP contribution in [0.1, 0.15) is 59.4 Å². The van der Waals surface area contributed by atoms with Crippen molar-refractivity contribution in [1.82, 2.24) is 24.9 Å². The molecule has 0 bridgehead atoms. The van der Waals surface area contributed by atoms with E-state index in [9.17, 15) is 4.79 Å². The molecule has 4 rings (SSSR count). The van der Waals surface area contributed by atoms with Crippen molar-refractivity contribution in [2.75, 3.05) is 19.7 Å². The number of amides is 1. The number of ether oxygens (including phenoxy) is 1. The Morgan fingerprint density at radius 3 is 2.80 bits per heavy atom. The second kappa shape index (κ2) is 8.73. The van der Waals surface area contributed by atoms with Crippen LogP contribution in [0, 0.1) is 0 Å². The Morgan fingerprint density at radius 2 is 2.10 bits per heavy atom. The van der Waals surface area contributed by atoms with Crippen molar-refractivity contribution in [3.05, 3.63) is 65.2 Å². The molecule has 2 aromatic heterocycles. The number of aromatic amines is 1. The van der Waals surface area contributed by atoms with Crippen molar-refractivity contribution < 1.29 is 9.53 Å². The third-order valence-electron chi connectivity index (χ3n) is 5.68. The van der Waals surface area contributed by atoms with Gasteiger partial charge in [-0.05, 0) is 36.1 Å². The molecule has 1 N–H and O–H groups in total. The van der Waals surface area contributed by atoms with Crippen molar-refractivity contribution in [3.63, 3.8) is 0 Å². The predicted octanol–water partition coefficient (Wildman–Crippen LogP) is 3.52. The number of carbonyl (C=O) groups excluding carboxylic acids is 1. The first kappa shape index (κ1) is 20.2. The predicted molar refractivity (Wildman–Crippen MR) is 115 cm³/mol. The fourth-order valence-electron chi connectivity index (χ4n) is 3.84. The Bertz CT molecular complexity index is 989.